The monoisotopic (exact) mass is 569 g/mol. The first-order valence-electron chi connectivity index (χ1n) is 12.9. The highest BCUT2D eigenvalue weighted by Crippen LogP contribution is 2.38. The van der Waals surface area contributed by atoms with Crippen LogP contribution in [0.3, 0.4) is 0 Å². The lowest BCUT2D eigenvalue weighted by atomic mass is 9.80. The van der Waals surface area contributed by atoms with E-state index >= 15 is 0 Å². The van der Waals surface area contributed by atoms with Gasteiger partial charge < -0.3 is 14.9 Å². The minimum Gasteiger partial charge on any atom is -0.481 e. The minimum absolute atomic E-state index is 0. The molecule has 3 aromatic carbocycles. The third kappa shape index (κ3) is 5.36. The highest BCUT2D eigenvalue weighted by Gasteiger charge is 2.37. The quantitative estimate of drug-likeness (QED) is 0.254. The van der Waals surface area contributed by atoms with Gasteiger partial charge in [0, 0.05) is 23.2 Å². The molecule has 4 aromatic rings. The number of aliphatic carboxylic acids is 1. The summed E-state index contributed by atoms with van der Waals surface area (Å²) in [6, 6.07) is 17.2. The molecular formula is C30H27ClF3N3O3. The van der Waals surface area contributed by atoms with E-state index < -0.39 is 17.7 Å². The van der Waals surface area contributed by atoms with Gasteiger partial charge in [0.1, 0.15) is 0 Å². The maximum absolute atomic E-state index is 13.2. The number of fused-ring (bicyclic) bond motifs is 1. The molecule has 1 unspecified atom stereocenters. The third-order valence-corrected chi connectivity index (χ3v) is 7.80. The first-order chi connectivity index (χ1) is 18.7. The van der Waals surface area contributed by atoms with E-state index in [1.807, 2.05) is 19.1 Å². The molecule has 2 aliphatic carbocycles. The number of nitrogens with one attached hydrogen (secondary N) is 1. The number of hydrogen-bond donors (Lipinski definition) is 2. The molecule has 1 atom stereocenters. The van der Waals surface area contributed by atoms with Crippen LogP contribution >= 0.6 is 12.4 Å². The zero-order chi connectivity index (χ0) is 27.3. The lowest BCUT2D eigenvalue weighted by Crippen LogP contribution is -2.45. The summed E-state index contributed by atoms with van der Waals surface area (Å²) in [4.78, 5) is 15.7. The molecule has 0 amide bonds. The van der Waals surface area contributed by atoms with Gasteiger partial charge in [0.25, 0.3) is 5.89 Å². The predicted molar refractivity (Wildman–Crippen MR) is 146 cm³/mol. The van der Waals surface area contributed by atoms with E-state index in [2.05, 4.69) is 27.6 Å². The molecule has 208 valence electrons. The molecule has 6 rings (SSSR count). The fraction of sp³-hybridized carbons (Fsp3) is 0.300. The summed E-state index contributed by atoms with van der Waals surface area (Å²) >= 11 is 0. The third-order valence-electron chi connectivity index (χ3n) is 7.80. The molecule has 1 fully saturated rings. The number of carboxylic acids is 1. The van der Waals surface area contributed by atoms with E-state index in [1.54, 1.807) is 18.2 Å². The zero-order valence-corrected chi connectivity index (χ0v) is 22.4. The Bertz CT molecular complexity index is 1560. The fourth-order valence-electron chi connectivity index (χ4n) is 5.61. The molecule has 0 spiro atoms. The van der Waals surface area contributed by atoms with Crippen LogP contribution in [0.25, 0.3) is 34.0 Å². The average molecular weight is 570 g/mol. The second-order valence-corrected chi connectivity index (χ2v) is 10.4. The van der Waals surface area contributed by atoms with E-state index in [1.165, 1.54) is 17.2 Å². The fourth-order valence-corrected chi connectivity index (χ4v) is 5.61. The topological polar surface area (TPSA) is 88.2 Å². The Balaban J connectivity index is 0.00000323. The number of aryl methyl sites for hydroxylation is 2. The second kappa shape index (κ2) is 10.7. The van der Waals surface area contributed by atoms with Crippen LogP contribution < -0.4 is 5.32 Å². The van der Waals surface area contributed by atoms with Crippen molar-refractivity contribution in [1.29, 1.82) is 0 Å². The van der Waals surface area contributed by atoms with Gasteiger partial charge in [0.2, 0.25) is 5.82 Å². The maximum atomic E-state index is 13.2. The van der Waals surface area contributed by atoms with Gasteiger partial charge in [-0.3, -0.25) is 4.79 Å². The predicted octanol–water partition coefficient (Wildman–Crippen LogP) is 7.26. The van der Waals surface area contributed by atoms with Gasteiger partial charge in [0.05, 0.1) is 11.5 Å². The van der Waals surface area contributed by atoms with E-state index in [0.717, 1.165) is 36.1 Å². The van der Waals surface area contributed by atoms with E-state index in [9.17, 15) is 18.0 Å². The van der Waals surface area contributed by atoms with Crippen molar-refractivity contribution in [3.05, 3.63) is 82.9 Å². The standard InChI is InChI=1S/C30H26F3N3O3.ClH/c1-16-11-20(6-8-24(16)17-3-2-4-22(13-17)30(31,32)33)28-35-27(36-39-28)19-5-9-25-18(12-19)7-10-26(25)34-23-14-21(15-23)29(37)38;/h2-6,8-9,11-13,21,23,26,34H,7,10,14-15H2,1H3,(H,37,38);1H. The van der Waals surface area contributed by atoms with Crippen LogP contribution in [0.5, 0.6) is 0 Å². The summed E-state index contributed by atoms with van der Waals surface area (Å²) in [5.41, 5.74) is 5.27. The van der Waals surface area contributed by atoms with Gasteiger partial charge in [0.15, 0.2) is 0 Å². The molecule has 0 bridgehead atoms. The summed E-state index contributed by atoms with van der Waals surface area (Å²) < 4.78 is 45.0. The molecule has 6 nitrogen and oxygen atoms in total. The Morgan fingerprint density at radius 2 is 1.80 bits per heavy atom. The maximum Gasteiger partial charge on any atom is 0.416 e. The van der Waals surface area contributed by atoms with Crippen LogP contribution in [0.1, 0.15) is 47.6 Å². The number of benzene rings is 3. The molecule has 1 aromatic heterocycles. The van der Waals surface area contributed by atoms with E-state index in [4.69, 9.17) is 9.63 Å². The molecule has 2 aliphatic rings. The van der Waals surface area contributed by atoms with Gasteiger partial charge in [-0.2, -0.15) is 18.2 Å². The van der Waals surface area contributed by atoms with Gasteiger partial charge in [-0.05, 0) is 90.8 Å². The lowest BCUT2D eigenvalue weighted by Gasteiger charge is -2.35. The molecule has 2 N–H and O–H groups in total. The number of carbonyl (C=O) groups is 1. The molecule has 0 aliphatic heterocycles. The van der Waals surface area contributed by atoms with Crippen molar-refractivity contribution in [3.8, 4) is 34.0 Å². The van der Waals surface area contributed by atoms with Crippen LogP contribution in [-0.2, 0) is 17.4 Å². The number of carboxylic acid groups (broad SMARTS) is 1. The highest BCUT2D eigenvalue weighted by molar-refractivity contribution is 5.85. The van der Waals surface area contributed by atoms with Crippen molar-refractivity contribution in [2.24, 2.45) is 5.92 Å². The average Bonchev–Trinajstić information content (AvgIpc) is 3.52. The van der Waals surface area contributed by atoms with Gasteiger partial charge >= 0.3 is 12.1 Å². The summed E-state index contributed by atoms with van der Waals surface area (Å²) in [5, 5.41) is 16.9. The summed E-state index contributed by atoms with van der Waals surface area (Å²) in [7, 11) is 0. The van der Waals surface area contributed by atoms with Gasteiger partial charge in [-0.15, -0.1) is 12.4 Å². The van der Waals surface area contributed by atoms with Crippen molar-refractivity contribution in [3.63, 3.8) is 0 Å². The Morgan fingerprint density at radius 3 is 2.52 bits per heavy atom. The van der Waals surface area contributed by atoms with Crippen molar-refractivity contribution < 1.29 is 27.6 Å². The number of nitrogens with zero attached hydrogens (tertiary/aromatic N) is 2. The largest absolute Gasteiger partial charge is 0.481 e. The van der Waals surface area contributed by atoms with Crippen molar-refractivity contribution in [2.45, 2.75) is 50.9 Å². The first kappa shape index (κ1) is 27.9. The molecule has 0 radical (unpaired) electrons. The van der Waals surface area contributed by atoms with Crippen LogP contribution in [0.15, 0.2) is 65.2 Å². The Hall–Kier alpha value is -3.69. The molecular weight excluding hydrogens is 543 g/mol. The zero-order valence-electron chi connectivity index (χ0n) is 21.5. The van der Waals surface area contributed by atoms with Crippen LogP contribution in [0.4, 0.5) is 13.2 Å². The number of hydrogen-bond acceptors (Lipinski definition) is 5. The number of rotatable bonds is 6. The van der Waals surface area contributed by atoms with E-state index in [-0.39, 0.29) is 30.4 Å². The Morgan fingerprint density at radius 1 is 1.02 bits per heavy atom. The SMILES string of the molecule is Cc1cc(-c2nc(-c3ccc4c(c3)CCC4NC3CC(C(=O)O)C3)no2)ccc1-c1cccc(C(F)(F)F)c1.Cl. The first-order valence-corrected chi connectivity index (χ1v) is 12.9. The number of aromatic nitrogens is 2. The van der Waals surface area contributed by atoms with E-state index in [0.29, 0.717) is 41.2 Å². The van der Waals surface area contributed by atoms with Gasteiger partial charge in [-0.25, -0.2) is 0 Å². The molecule has 10 heteroatoms. The van der Waals surface area contributed by atoms with Crippen LogP contribution in [0.2, 0.25) is 0 Å². The van der Waals surface area contributed by atoms with Gasteiger partial charge in [-0.1, -0.05) is 35.5 Å². The molecule has 40 heavy (non-hydrogen) atoms. The molecule has 1 saturated carbocycles. The Labute approximate surface area is 235 Å². The smallest absolute Gasteiger partial charge is 0.416 e. The van der Waals surface area contributed by atoms with Crippen molar-refractivity contribution in [1.82, 2.24) is 15.5 Å². The van der Waals surface area contributed by atoms with Crippen molar-refractivity contribution >= 4 is 18.4 Å². The molecule has 0 saturated heterocycles. The molecule has 1 heterocycles. The summed E-state index contributed by atoms with van der Waals surface area (Å²) in [6.45, 7) is 1.84. The highest BCUT2D eigenvalue weighted by atomic mass is 35.5. The summed E-state index contributed by atoms with van der Waals surface area (Å²) in [6.07, 6.45) is -1.18. The normalized spacial score (nSPS) is 19.9. The lowest BCUT2D eigenvalue weighted by molar-refractivity contribution is -0.145. The van der Waals surface area contributed by atoms with Crippen LogP contribution in [-0.4, -0.2) is 27.3 Å². The van der Waals surface area contributed by atoms with Crippen molar-refractivity contribution in [2.75, 3.05) is 0 Å². The minimum atomic E-state index is -4.40. The Kier molecular flexibility index (Phi) is 7.46. The second-order valence-electron chi connectivity index (χ2n) is 10.4. The number of alkyl halides is 3. The summed E-state index contributed by atoms with van der Waals surface area (Å²) in [5.74, 6) is -0.154. The number of halogens is 4. The van der Waals surface area contributed by atoms with Crippen LogP contribution in [0, 0.1) is 12.8 Å².